The van der Waals surface area contributed by atoms with E-state index in [0.29, 0.717) is 5.92 Å². The third kappa shape index (κ3) is 5.11. The molecule has 3 heterocycles. The zero-order chi connectivity index (χ0) is 24.4. The smallest absolute Gasteiger partial charge is 0.270 e. The number of aromatic nitrogens is 5. The first-order valence-electron chi connectivity index (χ1n) is 10.9. The molecule has 176 valence electrons. The number of carbonyl (C=O) groups excluding carboxylic acids is 2. The van der Waals surface area contributed by atoms with Gasteiger partial charge in [-0.2, -0.15) is 5.10 Å². The van der Waals surface area contributed by atoms with Gasteiger partial charge in [-0.1, -0.05) is 42.5 Å². The average molecular weight is 571 g/mol. The number of rotatable bonds is 7. The number of aryl methyl sites for hydroxylation is 1. The van der Waals surface area contributed by atoms with Gasteiger partial charge in [0.05, 0.1) is 27.0 Å². The van der Waals surface area contributed by atoms with Crippen molar-refractivity contribution >= 4 is 45.4 Å². The summed E-state index contributed by atoms with van der Waals surface area (Å²) in [6, 6.07) is 10.8. The van der Waals surface area contributed by atoms with Gasteiger partial charge in [0.15, 0.2) is 0 Å². The van der Waals surface area contributed by atoms with Gasteiger partial charge in [0.2, 0.25) is 0 Å². The van der Waals surface area contributed by atoms with Crippen LogP contribution < -0.4 is 10.6 Å². The second-order valence-corrected chi connectivity index (χ2v) is 10.2. The van der Waals surface area contributed by atoms with E-state index < -0.39 is 0 Å². The molecule has 1 atom stereocenters. The van der Waals surface area contributed by atoms with Crippen molar-refractivity contribution in [3.05, 3.63) is 71.6 Å². The van der Waals surface area contributed by atoms with Crippen molar-refractivity contribution in [2.45, 2.75) is 37.3 Å². The Hall–Kier alpha value is -3.28. The Morgan fingerprint density at radius 3 is 2.50 bits per heavy atom. The van der Waals surface area contributed by atoms with Crippen molar-refractivity contribution < 1.29 is 9.59 Å². The molecule has 0 fully saturated rings. The Kier molecular flexibility index (Phi) is 6.96. The maximum atomic E-state index is 12.6. The van der Waals surface area contributed by atoms with Gasteiger partial charge in [0.1, 0.15) is 17.2 Å². The molecule has 0 spiro atoms. The van der Waals surface area contributed by atoms with E-state index in [1.807, 2.05) is 32.3 Å². The highest BCUT2D eigenvalue weighted by Crippen LogP contribution is 2.23. The van der Waals surface area contributed by atoms with E-state index in [0.717, 1.165) is 28.1 Å². The second-order valence-electron chi connectivity index (χ2n) is 8.33. The number of carbonyl (C=O) groups is 2. The summed E-state index contributed by atoms with van der Waals surface area (Å²) in [6.07, 6.45) is 3.59. The van der Waals surface area contributed by atoms with Gasteiger partial charge in [-0.05, 0) is 37.3 Å². The lowest BCUT2D eigenvalue weighted by Crippen LogP contribution is -2.30. The quantitative estimate of drug-likeness (QED) is 0.200. The van der Waals surface area contributed by atoms with Crippen LogP contribution in [0.5, 0.6) is 0 Å². The highest BCUT2D eigenvalue weighted by Gasteiger charge is 2.15. The van der Waals surface area contributed by atoms with Crippen molar-refractivity contribution in [1.29, 1.82) is 0 Å². The number of imidazole rings is 1. The van der Waals surface area contributed by atoms with E-state index in [4.69, 9.17) is 4.98 Å². The molecule has 2 amide bonds. The minimum Gasteiger partial charge on any atom is -0.347 e. The maximum Gasteiger partial charge on any atom is 0.270 e. The number of nitrogens with one attached hydrogen (secondary N) is 2. The molecule has 4 rings (SSSR count). The molecular weight excluding hydrogens is 545 g/mol. The zero-order valence-electron chi connectivity index (χ0n) is 19.4. The average Bonchev–Trinajstić information content (AvgIpc) is 3.41. The normalized spacial score (nSPS) is 12.2. The Morgan fingerprint density at radius 2 is 1.79 bits per heavy atom. The lowest BCUT2D eigenvalue weighted by molar-refractivity contribution is 0.0943. The van der Waals surface area contributed by atoms with Crippen molar-refractivity contribution in [3.8, 4) is 5.69 Å². The predicted octanol–water partition coefficient (Wildman–Crippen LogP) is 3.72. The number of hydrogen-bond donors (Lipinski definition) is 2. The van der Waals surface area contributed by atoms with E-state index in [1.54, 1.807) is 29.1 Å². The molecule has 0 bridgehead atoms. The van der Waals surface area contributed by atoms with Gasteiger partial charge in [-0.3, -0.25) is 9.59 Å². The Morgan fingerprint density at radius 1 is 1.06 bits per heavy atom. The fraction of sp³-hybridized carbons (Fsp3) is 0.292. The van der Waals surface area contributed by atoms with Gasteiger partial charge in [0.25, 0.3) is 11.8 Å². The number of benzene rings is 1. The number of fused-ring (bicyclic) bond motifs is 1. The zero-order valence-corrected chi connectivity index (χ0v) is 21.6. The summed E-state index contributed by atoms with van der Waals surface area (Å²) in [5.74, 6) is 0.696. The Bertz CT molecular complexity index is 1360. The van der Waals surface area contributed by atoms with E-state index in [1.165, 1.54) is 0 Å². The Labute approximate surface area is 211 Å². The summed E-state index contributed by atoms with van der Waals surface area (Å²) in [5, 5.41) is 10.0. The molecule has 0 aliphatic carbocycles. The first-order valence-corrected chi connectivity index (χ1v) is 12.2. The lowest BCUT2D eigenvalue weighted by atomic mass is 10.2. The van der Waals surface area contributed by atoms with Crippen LogP contribution in [-0.4, -0.2) is 40.2 Å². The summed E-state index contributed by atoms with van der Waals surface area (Å²) in [5.41, 5.74) is 4.13. The monoisotopic (exact) mass is 571 g/mol. The molecule has 0 saturated carbocycles. The summed E-state index contributed by atoms with van der Waals surface area (Å²) < 4.78 is 3.84. The van der Waals surface area contributed by atoms with Crippen molar-refractivity contribution in [1.82, 2.24) is 34.9 Å². The first kappa shape index (κ1) is 23.9. The highest BCUT2D eigenvalue weighted by atomic mass is 127. The van der Waals surface area contributed by atoms with E-state index in [2.05, 4.69) is 67.8 Å². The van der Waals surface area contributed by atoms with Gasteiger partial charge in [-0.25, -0.2) is 14.6 Å². The fourth-order valence-corrected chi connectivity index (χ4v) is 3.95. The number of amides is 2. The third-order valence-corrected chi connectivity index (χ3v) is 5.62. The second kappa shape index (κ2) is 9.92. The van der Waals surface area contributed by atoms with Gasteiger partial charge >= 0.3 is 0 Å². The predicted molar refractivity (Wildman–Crippen MR) is 138 cm³/mol. The molecule has 4 aromatic rings. The van der Waals surface area contributed by atoms with Crippen LogP contribution >= 0.6 is 22.6 Å². The van der Waals surface area contributed by atoms with Gasteiger partial charge in [-0.15, -0.1) is 0 Å². The fourth-order valence-electron chi connectivity index (χ4n) is 3.66. The molecule has 34 heavy (non-hydrogen) atoms. The van der Waals surface area contributed by atoms with Crippen LogP contribution in [0.2, 0.25) is 0 Å². The molecule has 0 saturated heterocycles. The molecule has 0 radical (unpaired) electrons. The van der Waals surface area contributed by atoms with Gasteiger partial charge in [0, 0.05) is 31.3 Å². The van der Waals surface area contributed by atoms with E-state index in [9.17, 15) is 9.59 Å². The van der Waals surface area contributed by atoms with Crippen LogP contribution in [0.15, 0.2) is 48.8 Å². The van der Waals surface area contributed by atoms with E-state index >= 15 is 0 Å². The summed E-state index contributed by atoms with van der Waals surface area (Å²) >= 11 is 2.09. The number of pyridine rings is 1. The molecule has 1 unspecified atom stereocenters. The molecule has 1 aromatic carbocycles. The topological polar surface area (TPSA) is 107 Å². The molecule has 0 aliphatic rings. The largest absolute Gasteiger partial charge is 0.347 e. The van der Waals surface area contributed by atoms with Gasteiger partial charge < -0.3 is 15.2 Å². The van der Waals surface area contributed by atoms with Crippen molar-refractivity contribution in [3.63, 3.8) is 0 Å². The molecule has 2 N–H and O–H groups in total. The Balaban J connectivity index is 1.45. The molecule has 3 aromatic heterocycles. The summed E-state index contributed by atoms with van der Waals surface area (Å²) in [7, 11) is 2.02. The molecular formula is C24H26IN7O2. The third-order valence-electron chi connectivity index (χ3n) is 5.31. The number of nitrogens with zero attached hydrogens (tertiary/aromatic N) is 5. The lowest BCUT2D eigenvalue weighted by Gasteiger charge is -2.08. The molecule has 10 heteroatoms. The summed E-state index contributed by atoms with van der Waals surface area (Å²) in [6.45, 7) is 6.39. The first-order chi connectivity index (χ1) is 16.2. The van der Waals surface area contributed by atoms with Crippen LogP contribution in [0, 0.1) is 0 Å². The molecule has 0 aliphatic heterocycles. The minimum absolute atomic E-state index is 0.0447. The number of hydrogen-bond acceptors (Lipinski definition) is 5. The SMILES string of the molecule is CC(I)NC(=O)c1cccc(C(=O)NCc2cnn(-c3ccc4nc(C(C)C)n(C)c4c3)c2)n1. The maximum absolute atomic E-state index is 12.6. The van der Waals surface area contributed by atoms with E-state index in [-0.39, 0.29) is 33.8 Å². The number of halogens is 1. The van der Waals surface area contributed by atoms with Crippen molar-refractivity contribution in [2.75, 3.05) is 0 Å². The minimum atomic E-state index is -0.359. The van der Waals surface area contributed by atoms with Crippen LogP contribution in [0.3, 0.4) is 0 Å². The van der Waals surface area contributed by atoms with Crippen LogP contribution in [0.25, 0.3) is 16.7 Å². The van der Waals surface area contributed by atoms with Crippen molar-refractivity contribution in [2.24, 2.45) is 7.05 Å². The van der Waals surface area contributed by atoms with Crippen LogP contribution in [0.1, 0.15) is 59.1 Å². The van der Waals surface area contributed by atoms with Crippen LogP contribution in [0.4, 0.5) is 0 Å². The summed E-state index contributed by atoms with van der Waals surface area (Å²) in [4.78, 5) is 33.6. The van der Waals surface area contributed by atoms with Crippen LogP contribution in [-0.2, 0) is 13.6 Å². The molecule has 9 nitrogen and oxygen atoms in total. The number of alkyl halides is 1. The highest BCUT2D eigenvalue weighted by molar-refractivity contribution is 14.1. The standard InChI is InChI=1S/C24H26IN7O2/c1-14(2)22-30-18-9-8-17(10-21(18)31(22)4)32-13-16(12-27-32)11-26-23(33)19-6-5-7-20(29-19)24(34)28-15(3)25/h5-10,12-15H,11H2,1-4H3,(H,26,33)(H,28,34).